The predicted molar refractivity (Wildman–Crippen MR) is 212 cm³/mol. The van der Waals surface area contributed by atoms with Gasteiger partial charge in [0.05, 0.1) is 42.3 Å². The first-order chi connectivity index (χ1) is 25.9. The Morgan fingerprint density at radius 3 is 1.06 bits per heavy atom. The Morgan fingerprint density at radius 1 is 0.434 bits per heavy atom. The maximum Gasteiger partial charge on any atom is 0.335 e. The van der Waals surface area contributed by atoms with Gasteiger partial charge < -0.3 is 24.4 Å². The molecule has 9 heteroatoms. The van der Waals surface area contributed by atoms with Gasteiger partial charge in [-0.3, -0.25) is 0 Å². The van der Waals surface area contributed by atoms with Crippen molar-refractivity contribution in [2.24, 2.45) is 10.2 Å². The van der Waals surface area contributed by atoms with E-state index in [2.05, 4.69) is 17.2 Å². The van der Waals surface area contributed by atoms with Gasteiger partial charge in [0.15, 0.2) is 0 Å². The summed E-state index contributed by atoms with van der Waals surface area (Å²) in [5.41, 5.74) is 1.40. The Labute approximate surface area is 317 Å². The molecule has 53 heavy (non-hydrogen) atoms. The fourth-order valence-electron chi connectivity index (χ4n) is 6.04. The third-order valence-electron chi connectivity index (χ3n) is 9.20. The molecule has 0 heterocycles. The minimum atomic E-state index is -1.17. The molecular formula is C44H62N2O7. The number of azo groups is 1. The summed E-state index contributed by atoms with van der Waals surface area (Å²) < 4.78 is 17.4. The summed E-state index contributed by atoms with van der Waals surface area (Å²) in [5.74, 6) is -0.351. The molecule has 2 N–H and O–H groups in total. The average Bonchev–Trinajstić information content (AvgIpc) is 3.17. The van der Waals surface area contributed by atoms with Gasteiger partial charge in [0, 0.05) is 0 Å². The van der Waals surface area contributed by atoms with Crippen LogP contribution in [-0.2, 0) is 0 Å². The van der Waals surface area contributed by atoms with E-state index in [1.54, 1.807) is 0 Å². The van der Waals surface area contributed by atoms with E-state index in [0.717, 1.165) is 74.1 Å². The van der Waals surface area contributed by atoms with Crippen LogP contribution in [0.4, 0.5) is 11.4 Å². The summed E-state index contributed by atoms with van der Waals surface area (Å²) in [6.07, 6.45) is 24.4. The van der Waals surface area contributed by atoms with E-state index in [0.29, 0.717) is 13.2 Å². The van der Waals surface area contributed by atoms with Gasteiger partial charge in [-0.15, -0.1) is 0 Å². The molecule has 290 valence electrons. The third-order valence-corrected chi connectivity index (χ3v) is 9.20. The second-order valence-corrected chi connectivity index (χ2v) is 13.8. The van der Waals surface area contributed by atoms with Crippen LogP contribution in [0, 0.1) is 0 Å². The maximum atomic E-state index is 11.2. The minimum absolute atomic E-state index is 0.0875. The van der Waals surface area contributed by atoms with E-state index in [9.17, 15) is 19.8 Å². The largest absolute Gasteiger partial charge is 0.494 e. The van der Waals surface area contributed by atoms with E-state index >= 15 is 0 Å². The molecule has 9 nitrogen and oxygen atoms in total. The molecule has 0 bridgehead atoms. The van der Waals surface area contributed by atoms with Gasteiger partial charge in [0.25, 0.3) is 0 Å². The van der Waals surface area contributed by atoms with Crippen molar-refractivity contribution in [3.8, 4) is 17.2 Å². The quantitative estimate of drug-likeness (QED) is 0.0498. The van der Waals surface area contributed by atoms with Gasteiger partial charge in [0.1, 0.15) is 17.2 Å². The van der Waals surface area contributed by atoms with Crippen molar-refractivity contribution < 1.29 is 34.0 Å². The Bertz CT molecular complexity index is 1430. The van der Waals surface area contributed by atoms with Crippen molar-refractivity contribution in [1.29, 1.82) is 0 Å². The molecule has 0 aliphatic rings. The van der Waals surface area contributed by atoms with Crippen molar-refractivity contribution >= 4 is 23.3 Å². The Morgan fingerprint density at radius 2 is 0.736 bits per heavy atom. The molecule has 0 saturated heterocycles. The van der Waals surface area contributed by atoms with Crippen LogP contribution in [0.3, 0.4) is 0 Å². The number of aromatic carboxylic acids is 2. The SMILES string of the molecule is CCCCCCCCCCCCOc1ccc(N=Nc2ccc(OCCCCCCCCCCCCOc3cc(C(=O)O)cc(C(=O)O)c3)cc2)cc1. The number of carbonyl (C=O) groups is 2. The maximum absolute atomic E-state index is 11.2. The first kappa shape index (κ1) is 43.0. The van der Waals surface area contributed by atoms with Crippen LogP contribution in [0.1, 0.15) is 156 Å². The zero-order chi connectivity index (χ0) is 37.8. The lowest BCUT2D eigenvalue weighted by Gasteiger charge is -2.08. The first-order valence-corrected chi connectivity index (χ1v) is 20.1. The van der Waals surface area contributed by atoms with Crippen molar-refractivity contribution in [2.75, 3.05) is 19.8 Å². The van der Waals surface area contributed by atoms with Crippen molar-refractivity contribution in [1.82, 2.24) is 0 Å². The standard InChI is InChI=1S/C44H62N2O7/c1-2-3-4-5-6-7-10-13-16-19-30-51-40-26-22-38(23-27-40)45-46-39-24-28-41(29-25-39)52-31-20-17-14-11-8-9-12-15-18-21-32-53-42-34-36(43(47)48)33-37(35-42)44(49)50/h22-29,33-35H,2-21,30-32H2,1H3,(H,47,48)(H,49,50). The van der Waals surface area contributed by atoms with Crippen LogP contribution in [0.5, 0.6) is 17.2 Å². The Balaban J connectivity index is 1.13. The number of hydrogen-bond acceptors (Lipinski definition) is 7. The van der Waals surface area contributed by atoms with Crippen LogP contribution >= 0.6 is 0 Å². The number of hydrogen-bond donors (Lipinski definition) is 2. The van der Waals surface area contributed by atoms with Gasteiger partial charge in [-0.2, -0.15) is 10.2 Å². The molecule has 0 saturated carbocycles. The molecule has 0 fully saturated rings. The number of carboxylic acid groups (broad SMARTS) is 2. The van der Waals surface area contributed by atoms with Crippen LogP contribution < -0.4 is 14.2 Å². The van der Waals surface area contributed by atoms with Gasteiger partial charge in [-0.25, -0.2) is 9.59 Å². The highest BCUT2D eigenvalue weighted by Crippen LogP contribution is 2.24. The number of nitrogens with zero attached hydrogens (tertiary/aromatic N) is 2. The van der Waals surface area contributed by atoms with E-state index in [1.807, 2.05) is 48.5 Å². The molecular weight excluding hydrogens is 668 g/mol. The van der Waals surface area contributed by atoms with Crippen molar-refractivity contribution in [3.63, 3.8) is 0 Å². The van der Waals surface area contributed by atoms with Gasteiger partial charge >= 0.3 is 11.9 Å². The third kappa shape index (κ3) is 19.9. The second kappa shape index (κ2) is 27.2. The molecule has 0 aromatic heterocycles. The van der Waals surface area contributed by atoms with Crippen LogP contribution in [0.15, 0.2) is 77.0 Å². The summed E-state index contributed by atoms with van der Waals surface area (Å²) in [5, 5.41) is 27.1. The zero-order valence-electron chi connectivity index (χ0n) is 31.9. The molecule has 0 aliphatic carbocycles. The first-order valence-electron chi connectivity index (χ1n) is 20.1. The molecule has 0 unspecified atom stereocenters. The van der Waals surface area contributed by atoms with Crippen LogP contribution in [-0.4, -0.2) is 42.0 Å². The van der Waals surface area contributed by atoms with E-state index < -0.39 is 11.9 Å². The fraction of sp³-hybridized carbons (Fsp3) is 0.545. The van der Waals surface area contributed by atoms with Gasteiger partial charge in [0.2, 0.25) is 0 Å². The average molecular weight is 731 g/mol. The molecule has 0 aliphatic heterocycles. The van der Waals surface area contributed by atoms with Gasteiger partial charge in [-0.1, -0.05) is 116 Å². The summed E-state index contributed by atoms with van der Waals surface area (Å²) in [6, 6.07) is 19.4. The number of carboxylic acids is 2. The Kier molecular flexibility index (Phi) is 22.1. The highest BCUT2D eigenvalue weighted by Gasteiger charge is 2.12. The monoisotopic (exact) mass is 730 g/mol. The molecule has 0 atom stereocenters. The Hall–Kier alpha value is -4.40. The zero-order valence-corrected chi connectivity index (χ0v) is 31.9. The lowest BCUT2D eigenvalue weighted by Crippen LogP contribution is -2.05. The number of ether oxygens (including phenoxy) is 3. The molecule has 3 rings (SSSR count). The van der Waals surface area contributed by atoms with E-state index in [1.165, 1.54) is 102 Å². The second-order valence-electron chi connectivity index (χ2n) is 13.8. The highest BCUT2D eigenvalue weighted by molar-refractivity contribution is 5.94. The predicted octanol–water partition coefficient (Wildman–Crippen LogP) is 13.2. The van der Waals surface area contributed by atoms with E-state index in [4.69, 9.17) is 14.2 Å². The summed E-state index contributed by atoms with van der Waals surface area (Å²) in [7, 11) is 0. The fourth-order valence-corrected chi connectivity index (χ4v) is 6.04. The normalized spacial score (nSPS) is 11.2. The molecule has 3 aromatic carbocycles. The summed E-state index contributed by atoms with van der Waals surface area (Å²) in [6.45, 7) is 4.16. The molecule has 0 radical (unpaired) electrons. The number of unbranched alkanes of at least 4 members (excludes halogenated alkanes) is 18. The van der Waals surface area contributed by atoms with Crippen molar-refractivity contribution in [2.45, 2.75) is 135 Å². The lowest BCUT2D eigenvalue weighted by molar-refractivity contribution is 0.0696. The van der Waals surface area contributed by atoms with Crippen LogP contribution in [0.25, 0.3) is 0 Å². The van der Waals surface area contributed by atoms with Crippen LogP contribution in [0.2, 0.25) is 0 Å². The highest BCUT2D eigenvalue weighted by atomic mass is 16.5. The summed E-state index contributed by atoms with van der Waals surface area (Å²) in [4.78, 5) is 22.5. The minimum Gasteiger partial charge on any atom is -0.494 e. The van der Waals surface area contributed by atoms with Crippen molar-refractivity contribution in [3.05, 3.63) is 77.9 Å². The smallest absolute Gasteiger partial charge is 0.335 e. The topological polar surface area (TPSA) is 127 Å². The number of rotatable bonds is 31. The lowest BCUT2D eigenvalue weighted by atomic mass is 10.1. The summed E-state index contributed by atoms with van der Waals surface area (Å²) >= 11 is 0. The molecule has 0 amide bonds. The van der Waals surface area contributed by atoms with E-state index in [-0.39, 0.29) is 16.9 Å². The van der Waals surface area contributed by atoms with Gasteiger partial charge in [-0.05, 0) is 86.0 Å². The molecule has 0 spiro atoms. The number of benzene rings is 3. The molecule has 3 aromatic rings.